The van der Waals surface area contributed by atoms with Crippen LogP contribution < -0.4 is 4.90 Å². The molecule has 0 N–H and O–H groups in total. The molecule has 146 valence electrons. The Morgan fingerprint density at radius 2 is 1.32 bits per heavy atom. The second-order valence-electron chi connectivity index (χ2n) is 6.07. The molecule has 0 aromatic heterocycles. The molecule has 2 nitrogen and oxygen atoms in total. The first kappa shape index (κ1) is 18.6. The van der Waals surface area contributed by atoms with E-state index in [1.165, 1.54) is 5.56 Å². The summed E-state index contributed by atoms with van der Waals surface area (Å²) < 4.78 is 0. The highest BCUT2D eigenvalue weighted by Crippen LogP contribution is 2.34. The fourth-order valence-electron chi connectivity index (χ4n) is 2.71. The van der Waals surface area contributed by atoms with Gasteiger partial charge in [0, 0.05) is 38.2 Å². The predicted molar refractivity (Wildman–Crippen MR) is 130 cm³/mol. The summed E-state index contributed by atoms with van der Waals surface area (Å²) in [6, 6.07) is 23.7. The van der Waals surface area contributed by atoms with Crippen molar-refractivity contribution in [3.8, 4) is 36.0 Å². The van der Waals surface area contributed by atoms with Crippen LogP contribution in [0.1, 0.15) is 31.5 Å². The van der Waals surface area contributed by atoms with E-state index in [-0.39, 0.29) is 9.99 Å². The molecular weight excluding hydrogens is 342 g/mol. The van der Waals surface area contributed by atoms with Crippen LogP contribution in [0.4, 0.5) is 17.1 Å². The molecule has 2 heteroatoms. The van der Waals surface area contributed by atoms with Gasteiger partial charge in [-0.3, -0.25) is 4.79 Å². The minimum Gasteiger partial charge on any atom is -0.311 e. The largest absolute Gasteiger partial charge is 0.311 e. The monoisotopic (exact) mass is 373 g/mol. The van der Waals surface area contributed by atoms with Gasteiger partial charge in [0.1, 0.15) is 6.29 Å². The van der Waals surface area contributed by atoms with E-state index in [2.05, 4.69) is 65.7 Å². The number of anilines is 3. The molecule has 3 rings (SSSR count). The van der Waals surface area contributed by atoms with E-state index in [4.69, 9.17) is 6.42 Å². The minimum absolute atomic E-state index is 0. The summed E-state index contributed by atoms with van der Waals surface area (Å²) in [5, 5.41) is 0. The standard InChI is InChI=1S/C26H17NO.7H2/c1-3-4-5-6-7-22-10-16-25(17-11-22)27(24-14-8-21(2)9-15-24)26-18-12-23(20-28)13-19-26;;;;;;;/h1,8-20H,2H3;7*1H. The highest BCUT2D eigenvalue weighted by molar-refractivity contribution is 5.80. The van der Waals surface area contributed by atoms with Crippen molar-refractivity contribution >= 4 is 23.3 Å². The summed E-state index contributed by atoms with van der Waals surface area (Å²) in [6.45, 7) is 2.06. The molecule has 0 saturated heterocycles. The van der Waals surface area contributed by atoms with Crippen LogP contribution in [0.3, 0.4) is 0 Å². The van der Waals surface area contributed by atoms with Crippen molar-refractivity contribution in [1.82, 2.24) is 0 Å². The lowest BCUT2D eigenvalue weighted by atomic mass is 10.1. The van der Waals surface area contributed by atoms with Gasteiger partial charge < -0.3 is 4.90 Å². The van der Waals surface area contributed by atoms with Gasteiger partial charge in [0.25, 0.3) is 0 Å². The van der Waals surface area contributed by atoms with Gasteiger partial charge in [0.15, 0.2) is 0 Å². The van der Waals surface area contributed by atoms with Gasteiger partial charge in [-0.15, -0.1) is 6.42 Å². The molecule has 0 amide bonds. The third-order valence-electron chi connectivity index (χ3n) is 4.11. The van der Waals surface area contributed by atoms with E-state index in [1.807, 2.05) is 48.5 Å². The average Bonchev–Trinajstić information content (AvgIpc) is 2.74. The average molecular weight is 374 g/mol. The number of carbonyl (C=O) groups is 1. The molecule has 28 heavy (non-hydrogen) atoms. The number of aryl methyl sites for hydroxylation is 1. The van der Waals surface area contributed by atoms with Crippen molar-refractivity contribution in [2.45, 2.75) is 6.92 Å². The lowest BCUT2D eigenvalue weighted by molar-refractivity contribution is 0.112. The molecule has 0 aliphatic rings. The molecule has 0 saturated carbocycles. The fourth-order valence-corrected chi connectivity index (χ4v) is 2.71. The SMILES string of the molecule is C#CC#CC#Cc1ccc(N(c2ccc(C)cc2)c2ccc(C=O)cc2)cc1.[HH].[HH].[HH].[HH].[HH].[HH].[HH]. The summed E-state index contributed by atoms with van der Waals surface area (Å²) >= 11 is 0. The van der Waals surface area contributed by atoms with Gasteiger partial charge in [-0.25, -0.2) is 0 Å². The second kappa shape index (κ2) is 8.95. The molecule has 0 spiro atoms. The summed E-state index contributed by atoms with van der Waals surface area (Å²) in [5.41, 5.74) is 5.68. The third kappa shape index (κ3) is 4.50. The van der Waals surface area contributed by atoms with E-state index in [9.17, 15) is 4.79 Å². The number of benzene rings is 3. The molecular formula is C26H31NO. The zero-order valence-electron chi connectivity index (χ0n) is 15.4. The van der Waals surface area contributed by atoms with Gasteiger partial charge in [0.2, 0.25) is 0 Å². The van der Waals surface area contributed by atoms with Gasteiger partial charge in [-0.2, -0.15) is 0 Å². The lowest BCUT2D eigenvalue weighted by Crippen LogP contribution is -2.10. The molecule has 0 aliphatic heterocycles. The van der Waals surface area contributed by atoms with Crippen LogP contribution in [-0.2, 0) is 0 Å². The first-order chi connectivity index (χ1) is 13.7. The summed E-state index contributed by atoms with van der Waals surface area (Å²) in [5.74, 6) is 13.0. The Labute approximate surface area is 176 Å². The molecule has 0 aliphatic carbocycles. The number of rotatable bonds is 4. The Balaban J connectivity index is -0.000000429. The zero-order valence-corrected chi connectivity index (χ0v) is 15.4. The quantitative estimate of drug-likeness (QED) is 0.363. The maximum atomic E-state index is 11.0. The van der Waals surface area contributed by atoms with E-state index in [1.54, 1.807) is 0 Å². The normalized spacial score (nSPS) is 9.14. The first-order valence-corrected chi connectivity index (χ1v) is 8.70. The topological polar surface area (TPSA) is 20.3 Å². The molecule has 3 aromatic rings. The van der Waals surface area contributed by atoms with Crippen LogP contribution in [0.5, 0.6) is 0 Å². The Hall–Kier alpha value is -4.19. The highest BCUT2D eigenvalue weighted by atomic mass is 16.1. The molecule has 0 bridgehead atoms. The smallest absolute Gasteiger partial charge is 0.150 e. The van der Waals surface area contributed by atoms with E-state index >= 15 is 0 Å². The number of carbonyl (C=O) groups excluding carboxylic acids is 1. The van der Waals surface area contributed by atoms with Crippen molar-refractivity contribution in [2.24, 2.45) is 0 Å². The minimum atomic E-state index is 0. The van der Waals surface area contributed by atoms with Crippen molar-refractivity contribution in [2.75, 3.05) is 4.90 Å². The highest BCUT2D eigenvalue weighted by Gasteiger charge is 2.12. The molecule has 0 fully saturated rings. The van der Waals surface area contributed by atoms with Gasteiger partial charge >= 0.3 is 0 Å². The summed E-state index contributed by atoms with van der Waals surface area (Å²) in [6.07, 6.45) is 5.93. The summed E-state index contributed by atoms with van der Waals surface area (Å²) in [7, 11) is 0. The second-order valence-corrected chi connectivity index (χ2v) is 6.07. The number of aldehydes is 1. The van der Waals surface area contributed by atoms with Gasteiger partial charge in [-0.05, 0) is 91.3 Å². The third-order valence-corrected chi connectivity index (χ3v) is 4.11. The molecule has 0 heterocycles. The lowest BCUT2D eigenvalue weighted by Gasteiger charge is -2.25. The number of terminal acetylenes is 1. The Morgan fingerprint density at radius 3 is 1.86 bits per heavy atom. The van der Waals surface area contributed by atoms with Crippen LogP contribution in [0, 0.1) is 42.9 Å². The Bertz CT molecular complexity index is 1150. The maximum Gasteiger partial charge on any atom is 0.150 e. The molecule has 3 aromatic carbocycles. The Kier molecular flexibility index (Phi) is 5.95. The first-order valence-electron chi connectivity index (χ1n) is 8.70. The van der Waals surface area contributed by atoms with Crippen LogP contribution in [-0.4, -0.2) is 6.29 Å². The van der Waals surface area contributed by atoms with Crippen LogP contribution >= 0.6 is 0 Å². The van der Waals surface area contributed by atoms with E-state index in [0.29, 0.717) is 5.56 Å². The van der Waals surface area contributed by atoms with E-state index in [0.717, 1.165) is 28.9 Å². The van der Waals surface area contributed by atoms with Crippen LogP contribution in [0.2, 0.25) is 0 Å². The maximum absolute atomic E-state index is 11.0. The van der Waals surface area contributed by atoms with E-state index < -0.39 is 0 Å². The van der Waals surface area contributed by atoms with Gasteiger partial charge in [0.05, 0.1) is 0 Å². The number of hydrogen-bond donors (Lipinski definition) is 0. The Morgan fingerprint density at radius 1 is 0.786 bits per heavy atom. The number of hydrogen-bond acceptors (Lipinski definition) is 2. The fraction of sp³-hybridized carbons (Fsp3) is 0.0385. The molecule has 0 atom stereocenters. The predicted octanol–water partition coefficient (Wildman–Crippen LogP) is 6.99. The van der Waals surface area contributed by atoms with Crippen molar-refractivity contribution in [3.63, 3.8) is 0 Å². The number of nitrogens with zero attached hydrogens (tertiary/aromatic N) is 1. The van der Waals surface area contributed by atoms with Crippen molar-refractivity contribution in [3.05, 3.63) is 89.5 Å². The molecule has 0 radical (unpaired) electrons. The summed E-state index contributed by atoms with van der Waals surface area (Å²) in [4.78, 5) is 13.1. The van der Waals surface area contributed by atoms with Crippen LogP contribution in [0.25, 0.3) is 0 Å². The van der Waals surface area contributed by atoms with Gasteiger partial charge in [-0.1, -0.05) is 23.6 Å². The van der Waals surface area contributed by atoms with Crippen molar-refractivity contribution in [1.29, 1.82) is 0 Å². The van der Waals surface area contributed by atoms with Crippen LogP contribution in [0.15, 0.2) is 72.8 Å². The zero-order chi connectivity index (χ0) is 19.8. The molecule has 0 unspecified atom stereocenters. The van der Waals surface area contributed by atoms with Crippen molar-refractivity contribution < 1.29 is 14.8 Å².